The molecule has 1 fully saturated rings. The van der Waals surface area contributed by atoms with Crippen LogP contribution in [-0.2, 0) is 6.42 Å². The van der Waals surface area contributed by atoms with E-state index in [-0.39, 0.29) is 24.5 Å². The number of anilines is 2. The van der Waals surface area contributed by atoms with Crippen LogP contribution in [0.25, 0.3) is 0 Å². The number of nitrogens with zero attached hydrogens (tertiary/aromatic N) is 4. The molecular formula is C24H34N6O5. The van der Waals surface area contributed by atoms with Crippen molar-refractivity contribution in [3.05, 3.63) is 40.6 Å². The first-order chi connectivity index (χ1) is 16.7. The van der Waals surface area contributed by atoms with E-state index in [2.05, 4.69) is 15.3 Å². The fraction of sp³-hybridized carbons (Fsp3) is 0.500. The van der Waals surface area contributed by atoms with Crippen LogP contribution in [-0.4, -0.2) is 87.9 Å². The van der Waals surface area contributed by atoms with E-state index in [1.807, 2.05) is 19.9 Å². The number of aromatic nitrogens is 2. The molecule has 0 aliphatic carbocycles. The Morgan fingerprint density at radius 1 is 1.20 bits per heavy atom. The Balaban J connectivity index is 1.80. The van der Waals surface area contributed by atoms with Gasteiger partial charge in [-0.3, -0.25) is 4.79 Å². The van der Waals surface area contributed by atoms with E-state index in [1.54, 1.807) is 24.1 Å². The summed E-state index contributed by atoms with van der Waals surface area (Å²) in [5.74, 6) is 1.22. The van der Waals surface area contributed by atoms with Crippen LogP contribution in [0.5, 0.6) is 5.75 Å². The molecule has 0 saturated carbocycles. The lowest BCUT2D eigenvalue weighted by atomic mass is 10.0. The van der Waals surface area contributed by atoms with E-state index in [0.29, 0.717) is 56.2 Å². The number of carbonyl (C=O) groups excluding carboxylic acids is 1. The molecule has 190 valence electrons. The van der Waals surface area contributed by atoms with Crippen LogP contribution in [0.2, 0.25) is 0 Å². The number of nitrogen functional groups attached to an aromatic ring is 1. The summed E-state index contributed by atoms with van der Waals surface area (Å²) in [6.45, 7) is 5.30. The highest BCUT2D eigenvalue weighted by Crippen LogP contribution is 2.28. The summed E-state index contributed by atoms with van der Waals surface area (Å²) in [6, 6.07) is 5.41. The number of piperazine rings is 1. The van der Waals surface area contributed by atoms with Gasteiger partial charge in [0.2, 0.25) is 5.95 Å². The van der Waals surface area contributed by atoms with Gasteiger partial charge in [0.05, 0.1) is 7.11 Å². The molecule has 0 bridgehead atoms. The predicted molar refractivity (Wildman–Crippen MR) is 132 cm³/mol. The van der Waals surface area contributed by atoms with Gasteiger partial charge in [-0.1, -0.05) is 6.07 Å². The summed E-state index contributed by atoms with van der Waals surface area (Å²) in [5, 5.41) is 21.6. The average Bonchev–Trinajstić information content (AvgIpc) is 2.84. The lowest BCUT2D eigenvalue weighted by Gasteiger charge is -2.33. The van der Waals surface area contributed by atoms with Gasteiger partial charge in [0.1, 0.15) is 11.6 Å². The number of aliphatic hydroxyl groups excluding tert-OH is 1. The number of carbonyl (C=O) groups is 2. The Labute approximate surface area is 204 Å². The van der Waals surface area contributed by atoms with Gasteiger partial charge in [0, 0.05) is 62.1 Å². The minimum absolute atomic E-state index is 0.0816. The molecule has 11 nitrogen and oxygen atoms in total. The van der Waals surface area contributed by atoms with E-state index < -0.39 is 6.09 Å². The topological polar surface area (TPSA) is 154 Å². The van der Waals surface area contributed by atoms with Crippen LogP contribution >= 0.6 is 0 Å². The van der Waals surface area contributed by atoms with Crippen molar-refractivity contribution in [1.82, 2.24) is 19.8 Å². The maximum absolute atomic E-state index is 13.0. The standard InChI is InChI=1S/C24H34N6O5/c1-15(5-4-12-31)26-21-19(16(2)27-23(25)28-21)13-17-6-7-18(14-20(17)35-3)22(32)29-8-10-30(11-9-29)24(33)34/h6-7,14-15,31H,4-5,8-13H2,1-3H3,(H,33,34)(H3,25,26,27,28). The second-order valence-electron chi connectivity index (χ2n) is 8.67. The largest absolute Gasteiger partial charge is 0.496 e. The van der Waals surface area contributed by atoms with Crippen molar-refractivity contribution in [3.8, 4) is 5.75 Å². The Kier molecular flexibility index (Phi) is 8.69. The first-order valence-electron chi connectivity index (χ1n) is 11.7. The Morgan fingerprint density at radius 3 is 2.51 bits per heavy atom. The van der Waals surface area contributed by atoms with Gasteiger partial charge < -0.3 is 35.8 Å². The lowest BCUT2D eigenvalue weighted by Crippen LogP contribution is -2.50. The van der Waals surface area contributed by atoms with Crippen molar-refractivity contribution in [2.75, 3.05) is 50.9 Å². The molecule has 3 rings (SSSR count). The molecule has 0 spiro atoms. The van der Waals surface area contributed by atoms with E-state index in [9.17, 15) is 9.59 Å². The number of rotatable bonds is 9. The third kappa shape index (κ3) is 6.50. The van der Waals surface area contributed by atoms with E-state index in [4.69, 9.17) is 20.7 Å². The molecule has 1 saturated heterocycles. The Bertz CT molecular complexity index is 1050. The van der Waals surface area contributed by atoms with Crippen LogP contribution < -0.4 is 15.8 Å². The third-order valence-electron chi connectivity index (χ3n) is 6.15. The van der Waals surface area contributed by atoms with Gasteiger partial charge in [-0.25, -0.2) is 9.78 Å². The molecule has 2 amide bonds. The number of carboxylic acid groups (broad SMARTS) is 1. The number of amides is 2. The number of nitrogens with one attached hydrogen (secondary N) is 1. The highest BCUT2D eigenvalue weighted by molar-refractivity contribution is 5.95. The average molecular weight is 487 g/mol. The van der Waals surface area contributed by atoms with Gasteiger partial charge in [0.25, 0.3) is 5.91 Å². The van der Waals surface area contributed by atoms with Gasteiger partial charge in [-0.2, -0.15) is 4.98 Å². The minimum Gasteiger partial charge on any atom is -0.496 e. The number of methoxy groups -OCH3 is 1. The SMILES string of the molecule is COc1cc(C(=O)N2CCN(C(=O)O)CC2)ccc1Cc1c(C)nc(N)nc1NC(C)CCCO. The fourth-order valence-electron chi connectivity index (χ4n) is 4.15. The number of hydrogen-bond acceptors (Lipinski definition) is 8. The van der Waals surface area contributed by atoms with Gasteiger partial charge in [-0.15, -0.1) is 0 Å². The maximum atomic E-state index is 13.0. The number of hydrogen-bond donors (Lipinski definition) is 4. The molecule has 1 aromatic heterocycles. The van der Waals surface area contributed by atoms with Crippen LogP contribution in [0, 0.1) is 6.92 Å². The molecule has 5 N–H and O–H groups in total. The maximum Gasteiger partial charge on any atom is 0.407 e. The number of aliphatic hydroxyl groups is 1. The first-order valence-corrected chi connectivity index (χ1v) is 11.7. The second kappa shape index (κ2) is 11.7. The molecule has 1 atom stereocenters. The fourth-order valence-corrected chi connectivity index (χ4v) is 4.15. The molecule has 35 heavy (non-hydrogen) atoms. The number of aryl methyl sites for hydroxylation is 1. The molecular weight excluding hydrogens is 452 g/mol. The first kappa shape index (κ1) is 26.0. The Hall–Kier alpha value is -3.60. The molecule has 2 aromatic rings. The van der Waals surface area contributed by atoms with E-state index in [1.165, 1.54) is 4.90 Å². The van der Waals surface area contributed by atoms with Crippen molar-refractivity contribution >= 4 is 23.8 Å². The van der Waals surface area contributed by atoms with Crippen molar-refractivity contribution < 1.29 is 24.5 Å². The summed E-state index contributed by atoms with van der Waals surface area (Å²) < 4.78 is 5.61. The zero-order valence-corrected chi connectivity index (χ0v) is 20.5. The molecule has 2 heterocycles. The van der Waals surface area contributed by atoms with Crippen LogP contribution in [0.15, 0.2) is 18.2 Å². The molecule has 1 aliphatic rings. The van der Waals surface area contributed by atoms with Gasteiger partial charge in [-0.05, 0) is 44.4 Å². The van der Waals surface area contributed by atoms with E-state index in [0.717, 1.165) is 23.2 Å². The number of nitrogens with two attached hydrogens (primary N) is 1. The second-order valence-corrected chi connectivity index (χ2v) is 8.67. The minimum atomic E-state index is -0.971. The zero-order chi connectivity index (χ0) is 25.5. The van der Waals surface area contributed by atoms with E-state index >= 15 is 0 Å². The van der Waals surface area contributed by atoms with Crippen LogP contribution in [0.4, 0.5) is 16.6 Å². The quantitative estimate of drug-likeness (QED) is 0.416. The summed E-state index contributed by atoms with van der Waals surface area (Å²) in [5.41, 5.74) is 8.86. The monoisotopic (exact) mass is 486 g/mol. The normalized spacial score (nSPS) is 14.5. The molecule has 1 unspecified atom stereocenters. The summed E-state index contributed by atoms with van der Waals surface area (Å²) in [4.78, 5) is 35.8. The smallest absolute Gasteiger partial charge is 0.407 e. The highest BCUT2D eigenvalue weighted by Gasteiger charge is 2.25. The Morgan fingerprint density at radius 2 is 1.89 bits per heavy atom. The van der Waals surface area contributed by atoms with Gasteiger partial charge >= 0.3 is 6.09 Å². The zero-order valence-electron chi connectivity index (χ0n) is 20.5. The molecule has 0 radical (unpaired) electrons. The number of benzene rings is 1. The third-order valence-corrected chi connectivity index (χ3v) is 6.15. The highest BCUT2D eigenvalue weighted by atomic mass is 16.5. The molecule has 11 heteroatoms. The van der Waals surface area contributed by atoms with Crippen LogP contribution in [0.1, 0.15) is 46.9 Å². The number of ether oxygens (including phenoxy) is 1. The summed E-state index contributed by atoms with van der Waals surface area (Å²) in [6.07, 6.45) is 0.954. The summed E-state index contributed by atoms with van der Waals surface area (Å²) in [7, 11) is 1.56. The molecule has 1 aromatic carbocycles. The van der Waals surface area contributed by atoms with Crippen molar-refractivity contribution in [3.63, 3.8) is 0 Å². The van der Waals surface area contributed by atoms with Gasteiger partial charge in [0.15, 0.2) is 0 Å². The summed E-state index contributed by atoms with van der Waals surface area (Å²) >= 11 is 0. The van der Waals surface area contributed by atoms with Crippen molar-refractivity contribution in [2.45, 2.75) is 39.2 Å². The molecule has 1 aliphatic heterocycles. The lowest BCUT2D eigenvalue weighted by molar-refractivity contribution is 0.0624. The predicted octanol–water partition coefficient (Wildman–Crippen LogP) is 1.98. The van der Waals surface area contributed by atoms with Crippen molar-refractivity contribution in [1.29, 1.82) is 0 Å². The van der Waals surface area contributed by atoms with Crippen molar-refractivity contribution in [2.24, 2.45) is 0 Å². The van der Waals surface area contributed by atoms with Crippen LogP contribution in [0.3, 0.4) is 0 Å².